The maximum atomic E-state index is 10.9. The van der Waals surface area contributed by atoms with E-state index in [0.717, 1.165) is 64.6 Å². The highest BCUT2D eigenvalue weighted by atomic mass is 32.1. The van der Waals surface area contributed by atoms with Crippen LogP contribution in [0.15, 0.2) is 66.9 Å². The van der Waals surface area contributed by atoms with Crippen molar-refractivity contribution in [3.8, 4) is 11.6 Å². The molecular weight excluding hydrogens is 420 g/mol. The fraction of sp³-hybridized carbons (Fsp3) is 0.240. The minimum atomic E-state index is 0.312. The molecule has 1 fully saturated rings. The molecule has 1 aliphatic heterocycles. The van der Waals surface area contributed by atoms with Crippen molar-refractivity contribution in [2.45, 2.75) is 18.8 Å². The van der Waals surface area contributed by atoms with Gasteiger partial charge in [-0.25, -0.2) is 9.97 Å². The van der Waals surface area contributed by atoms with Crippen LogP contribution >= 0.6 is 11.3 Å². The highest BCUT2D eigenvalue weighted by Gasteiger charge is 2.24. The first-order chi connectivity index (χ1) is 15.8. The van der Waals surface area contributed by atoms with E-state index < -0.39 is 0 Å². The van der Waals surface area contributed by atoms with Crippen LogP contribution < -0.4 is 10.1 Å². The van der Waals surface area contributed by atoms with Gasteiger partial charge in [0.2, 0.25) is 5.88 Å². The van der Waals surface area contributed by atoms with Crippen molar-refractivity contribution >= 4 is 38.7 Å². The fourth-order valence-electron chi connectivity index (χ4n) is 4.15. The zero-order valence-electron chi connectivity index (χ0n) is 17.6. The Labute approximate surface area is 190 Å². The van der Waals surface area contributed by atoms with Gasteiger partial charge < -0.3 is 14.8 Å². The van der Waals surface area contributed by atoms with Gasteiger partial charge in [0.05, 0.1) is 16.8 Å². The van der Waals surface area contributed by atoms with E-state index in [1.54, 1.807) is 17.5 Å². The first-order valence-electron chi connectivity index (χ1n) is 10.8. The lowest BCUT2D eigenvalue weighted by Crippen LogP contribution is -2.35. The monoisotopic (exact) mass is 444 g/mol. The Balaban J connectivity index is 1.29. The van der Waals surface area contributed by atoms with Gasteiger partial charge in [-0.15, -0.1) is 0 Å². The molecule has 0 radical (unpaired) electrons. The number of nitrogens with zero attached hydrogens (tertiary/aromatic N) is 3. The highest BCUT2D eigenvalue weighted by Crippen LogP contribution is 2.34. The molecule has 6 nitrogen and oxygen atoms in total. The summed E-state index contributed by atoms with van der Waals surface area (Å²) >= 11 is 1.63. The first kappa shape index (κ1) is 20.6. The number of hydrogen-bond acceptors (Lipinski definition) is 7. The van der Waals surface area contributed by atoms with Crippen LogP contribution in [0.2, 0.25) is 0 Å². The van der Waals surface area contributed by atoms with Crippen LogP contribution in [-0.4, -0.2) is 40.8 Å². The van der Waals surface area contributed by atoms with E-state index in [0.29, 0.717) is 18.3 Å². The molecule has 162 valence electrons. The van der Waals surface area contributed by atoms with Crippen molar-refractivity contribution in [1.29, 1.82) is 0 Å². The Hall–Kier alpha value is -3.29. The second-order valence-corrected chi connectivity index (χ2v) is 8.93. The van der Waals surface area contributed by atoms with E-state index in [1.165, 1.54) is 0 Å². The number of carbonyl (C=O) groups is 1. The molecule has 7 heteroatoms. The van der Waals surface area contributed by atoms with Gasteiger partial charge in [-0.3, -0.25) is 4.90 Å². The molecule has 1 N–H and O–H groups in total. The average molecular weight is 445 g/mol. The average Bonchev–Trinajstić information content (AvgIpc) is 3.23. The summed E-state index contributed by atoms with van der Waals surface area (Å²) in [4.78, 5) is 22.2. The van der Waals surface area contributed by atoms with Gasteiger partial charge in [0.25, 0.3) is 0 Å². The molecule has 1 saturated heterocycles. The number of piperidine rings is 1. The summed E-state index contributed by atoms with van der Waals surface area (Å²) < 4.78 is 7.33. The summed E-state index contributed by atoms with van der Waals surface area (Å²) in [5.41, 5.74) is 3.05. The number of hydrogen-bond donors (Lipinski definition) is 1. The van der Waals surface area contributed by atoms with Crippen molar-refractivity contribution in [2.75, 3.05) is 25.0 Å². The number of aldehydes is 1. The number of para-hydroxylation sites is 1. The number of anilines is 2. The van der Waals surface area contributed by atoms with Crippen LogP contribution in [-0.2, 0) is 4.79 Å². The van der Waals surface area contributed by atoms with E-state index in [2.05, 4.69) is 32.3 Å². The lowest BCUT2D eigenvalue weighted by atomic mass is 9.91. The standard InChI is InChI=1S/C25H24N4O2S/c30-16-15-29-14-4-5-18(17-29)21-6-3-13-26-24(21)31-20-11-9-19(10-12-20)27-25-28-22-7-1-2-8-23(22)32-25/h1-3,6-13,16,18H,4-5,14-15,17H2,(H,27,28). The van der Waals surface area contributed by atoms with Crippen molar-refractivity contribution in [1.82, 2.24) is 14.9 Å². The summed E-state index contributed by atoms with van der Waals surface area (Å²) in [6.07, 6.45) is 4.88. The number of rotatable bonds is 7. The maximum absolute atomic E-state index is 10.9. The number of pyridine rings is 1. The van der Waals surface area contributed by atoms with Gasteiger partial charge in [-0.1, -0.05) is 29.5 Å². The number of ether oxygens (including phenoxy) is 1. The minimum absolute atomic E-state index is 0.312. The molecule has 5 rings (SSSR count). The van der Waals surface area contributed by atoms with Gasteiger partial charge in [0, 0.05) is 29.9 Å². The Kier molecular flexibility index (Phi) is 6.09. The summed E-state index contributed by atoms with van der Waals surface area (Å²) in [7, 11) is 0. The highest BCUT2D eigenvalue weighted by molar-refractivity contribution is 7.22. The lowest BCUT2D eigenvalue weighted by molar-refractivity contribution is -0.109. The van der Waals surface area contributed by atoms with Crippen LogP contribution in [0.25, 0.3) is 10.2 Å². The van der Waals surface area contributed by atoms with E-state index in [9.17, 15) is 4.79 Å². The van der Waals surface area contributed by atoms with Crippen LogP contribution in [0.1, 0.15) is 24.3 Å². The van der Waals surface area contributed by atoms with E-state index in [4.69, 9.17) is 4.74 Å². The van der Waals surface area contributed by atoms with Crippen LogP contribution in [0, 0.1) is 0 Å². The number of benzene rings is 2. The fourth-order valence-corrected chi connectivity index (χ4v) is 5.03. The molecule has 0 amide bonds. The molecule has 2 aromatic heterocycles. The van der Waals surface area contributed by atoms with Gasteiger partial charge >= 0.3 is 0 Å². The molecule has 1 unspecified atom stereocenters. The van der Waals surface area contributed by atoms with Crippen LogP contribution in [0.5, 0.6) is 11.6 Å². The van der Waals surface area contributed by atoms with Crippen molar-refractivity contribution in [2.24, 2.45) is 0 Å². The number of likely N-dealkylation sites (tertiary alicyclic amines) is 1. The third-order valence-corrected chi connectivity index (χ3v) is 6.64. The van der Waals surface area contributed by atoms with Crippen molar-refractivity contribution < 1.29 is 9.53 Å². The SMILES string of the molecule is O=CCN1CCCC(c2cccnc2Oc2ccc(Nc3nc4ccccc4s3)cc2)C1. The Morgan fingerprint density at radius 1 is 1.12 bits per heavy atom. The van der Waals surface area contributed by atoms with E-state index in [1.807, 2.05) is 48.5 Å². The number of carbonyl (C=O) groups excluding carboxylic acids is 1. The molecule has 1 aliphatic rings. The third-order valence-electron chi connectivity index (χ3n) is 5.69. The number of thiazole rings is 1. The topological polar surface area (TPSA) is 67.4 Å². The minimum Gasteiger partial charge on any atom is -0.439 e. The molecule has 32 heavy (non-hydrogen) atoms. The summed E-state index contributed by atoms with van der Waals surface area (Å²) in [5.74, 6) is 1.69. The second-order valence-electron chi connectivity index (χ2n) is 7.90. The second kappa shape index (κ2) is 9.46. The van der Waals surface area contributed by atoms with Crippen molar-refractivity contribution in [3.05, 3.63) is 72.4 Å². The smallest absolute Gasteiger partial charge is 0.222 e. The molecule has 4 aromatic rings. The Morgan fingerprint density at radius 2 is 2.00 bits per heavy atom. The Morgan fingerprint density at radius 3 is 2.84 bits per heavy atom. The number of fused-ring (bicyclic) bond motifs is 1. The van der Waals surface area contributed by atoms with E-state index in [-0.39, 0.29) is 0 Å². The zero-order valence-corrected chi connectivity index (χ0v) is 18.4. The summed E-state index contributed by atoms with van der Waals surface area (Å²) in [6.45, 7) is 2.30. The predicted octanol–water partition coefficient (Wildman–Crippen LogP) is 5.61. The van der Waals surface area contributed by atoms with E-state index >= 15 is 0 Å². The van der Waals surface area contributed by atoms with Crippen molar-refractivity contribution in [3.63, 3.8) is 0 Å². The molecule has 3 heterocycles. The van der Waals surface area contributed by atoms with Crippen LogP contribution in [0.3, 0.4) is 0 Å². The molecular formula is C25H24N4O2S. The molecule has 2 aromatic carbocycles. The lowest BCUT2D eigenvalue weighted by Gasteiger charge is -2.32. The maximum Gasteiger partial charge on any atom is 0.222 e. The Bertz CT molecular complexity index is 1180. The van der Waals surface area contributed by atoms with Gasteiger partial charge in [-0.05, 0) is 61.9 Å². The third kappa shape index (κ3) is 4.64. The van der Waals surface area contributed by atoms with Gasteiger partial charge in [-0.2, -0.15) is 0 Å². The molecule has 0 bridgehead atoms. The summed E-state index contributed by atoms with van der Waals surface area (Å²) in [6, 6.07) is 20.0. The quantitative estimate of drug-likeness (QED) is 0.374. The number of aromatic nitrogens is 2. The normalized spacial score (nSPS) is 16.7. The number of nitrogens with one attached hydrogen (secondary N) is 1. The first-order valence-corrected chi connectivity index (χ1v) is 11.6. The largest absolute Gasteiger partial charge is 0.439 e. The van der Waals surface area contributed by atoms with Crippen LogP contribution in [0.4, 0.5) is 10.8 Å². The van der Waals surface area contributed by atoms with Gasteiger partial charge in [0.1, 0.15) is 12.0 Å². The zero-order chi connectivity index (χ0) is 21.8. The molecule has 0 spiro atoms. The molecule has 0 saturated carbocycles. The predicted molar refractivity (Wildman–Crippen MR) is 128 cm³/mol. The molecule has 0 aliphatic carbocycles. The summed E-state index contributed by atoms with van der Waals surface area (Å²) in [5, 5.41) is 4.23. The van der Waals surface area contributed by atoms with Gasteiger partial charge in [0.15, 0.2) is 5.13 Å². The molecule has 1 atom stereocenters.